The molecule has 0 atom stereocenters. The molecule has 0 saturated carbocycles. The van der Waals surface area contributed by atoms with Gasteiger partial charge in [0.1, 0.15) is 4.88 Å². The fourth-order valence-electron chi connectivity index (χ4n) is 0.911. The third kappa shape index (κ3) is 2.57. The first kappa shape index (κ1) is 10.2. The molecule has 2 aromatic heterocycles. The van der Waals surface area contributed by atoms with E-state index in [1.165, 1.54) is 29.5 Å². The summed E-state index contributed by atoms with van der Waals surface area (Å²) < 4.78 is 4.58. The molecule has 0 aliphatic heterocycles. The highest BCUT2D eigenvalue weighted by Crippen LogP contribution is 2.26. The third-order valence-corrected chi connectivity index (χ3v) is 3.60. The molecular formula is C8H6N2O3S2. The van der Waals surface area contributed by atoms with Crippen LogP contribution < -0.4 is 0 Å². The maximum absolute atomic E-state index is 10.6. The summed E-state index contributed by atoms with van der Waals surface area (Å²) >= 11 is 2.69. The van der Waals surface area contributed by atoms with Gasteiger partial charge in [-0.3, -0.25) is 0 Å². The smallest absolute Gasteiger partial charge is 0.345 e. The van der Waals surface area contributed by atoms with Crippen molar-refractivity contribution in [3.63, 3.8) is 0 Å². The van der Waals surface area contributed by atoms with Gasteiger partial charge < -0.3 is 9.63 Å². The van der Waals surface area contributed by atoms with Gasteiger partial charge in [-0.25, -0.2) is 4.79 Å². The molecule has 0 amide bonds. The SMILES string of the molecule is O=C(O)c1cc(SCc2ncon2)cs1. The molecule has 5 nitrogen and oxygen atoms in total. The van der Waals surface area contributed by atoms with Gasteiger partial charge in [-0.15, -0.1) is 23.1 Å². The molecule has 0 radical (unpaired) electrons. The van der Waals surface area contributed by atoms with Crippen LogP contribution in [0.15, 0.2) is 27.3 Å². The van der Waals surface area contributed by atoms with E-state index >= 15 is 0 Å². The van der Waals surface area contributed by atoms with Crippen molar-refractivity contribution in [2.75, 3.05) is 0 Å². The van der Waals surface area contributed by atoms with E-state index < -0.39 is 5.97 Å². The lowest BCUT2D eigenvalue weighted by Crippen LogP contribution is -1.89. The average Bonchev–Trinajstić information content (AvgIpc) is 2.86. The van der Waals surface area contributed by atoms with Crippen LogP contribution in [-0.4, -0.2) is 21.2 Å². The standard InChI is InChI=1S/C8H6N2O3S2/c11-8(12)6-1-5(2-15-6)14-3-7-9-4-13-10-7/h1-2,4H,3H2,(H,11,12). The molecule has 2 aromatic rings. The molecule has 15 heavy (non-hydrogen) atoms. The van der Waals surface area contributed by atoms with Gasteiger partial charge in [-0.1, -0.05) is 5.16 Å². The van der Waals surface area contributed by atoms with E-state index in [2.05, 4.69) is 14.7 Å². The number of hydrogen-bond acceptors (Lipinski definition) is 6. The highest BCUT2D eigenvalue weighted by molar-refractivity contribution is 7.98. The molecule has 1 N–H and O–H groups in total. The molecule has 0 bridgehead atoms. The quantitative estimate of drug-likeness (QED) is 0.827. The Balaban J connectivity index is 1.96. The predicted molar refractivity (Wildman–Crippen MR) is 55.1 cm³/mol. The molecule has 0 spiro atoms. The summed E-state index contributed by atoms with van der Waals surface area (Å²) in [6.45, 7) is 0. The minimum atomic E-state index is -0.897. The fraction of sp³-hybridized carbons (Fsp3) is 0.125. The lowest BCUT2D eigenvalue weighted by Gasteiger charge is -1.91. The van der Waals surface area contributed by atoms with Gasteiger partial charge in [0.2, 0.25) is 6.39 Å². The van der Waals surface area contributed by atoms with Crippen LogP contribution in [0.4, 0.5) is 0 Å². The number of thiophene rings is 1. The number of hydrogen-bond donors (Lipinski definition) is 1. The highest BCUT2D eigenvalue weighted by Gasteiger charge is 2.08. The minimum Gasteiger partial charge on any atom is -0.477 e. The van der Waals surface area contributed by atoms with Crippen molar-refractivity contribution >= 4 is 29.1 Å². The van der Waals surface area contributed by atoms with E-state index in [4.69, 9.17) is 5.11 Å². The second-order valence-electron chi connectivity index (χ2n) is 2.59. The topological polar surface area (TPSA) is 76.2 Å². The molecule has 2 rings (SSSR count). The van der Waals surface area contributed by atoms with Crippen LogP contribution in [0.3, 0.4) is 0 Å². The maximum atomic E-state index is 10.6. The average molecular weight is 242 g/mol. The molecular weight excluding hydrogens is 236 g/mol. The van der Waals surface area contributed by atoms with Crippen molar-refractivity contribution in [2.45, 2.75) is 10.6 Å². The molecule has 0 aliphatic rings. The molecule has 0 saturated heterocycles. The summed E-state index contributed by atoms with van der Waals surface area (Å²) in [5, 5.41) is 14.2. The molecule has 0 aliphatic carbocycles. The van der Waals surface area contributed by atoms with Crippen LogP contribution in [0.2, 0.25) is 0 Å². The number of nitrogens with zero attached hydrogens (tertiary/aromatic N) is 2. The van der Waals surface area contributed by atoms with Gasteiger partial charge in [0.25, 0.3) is 0 Å². The summed E-state index contributed by atoms with van der Waals surface area (Å²) in [5.41, 5.74) is 0. The Morgan fingerprint density at radius 1 is 1.67 bits per heavy atom. The van der Waals surface area contributed by atoms with Crippen LogP contribution in [-0.2, 0) is 5.75 Å². The van der Waals surface area contributed by atoms with E-state index in [0.29, 0.717) is 16.5 Å². The Hall–Kier alpha value is -1.34. The number of aromatic nitrogens is 2. The fourth-order valence-corrected chi connectivity index (χ4v) is 2.63. The van der Waals surface area contributed by atoms with Crippen molar-refractivity contribution in [2.24, 2.45) is 0 Å². The molecule has 78 valence electrons. The van der Waals surface area contributed by atoms with Gasteiger partial charge in [0.05, 0.1) is 5.75 Å². The predicted octanol–water partition coefficient (Wildman–Crippen LogP) is 2.12. The Bertz CT molecular complexity index is 452. The van der Waals surface area contributed by atoms with E-state index in [1.54, 1.807) is 11.4 Å². The van der Waals surface area contributed by atoms with Crippen molar-refractivity contribution in [3.05, 3.63) is 28.5 Å². The van der Waals surface area contributed by atoms with E-state index in [-0.39, 0.29) is 0 Å². The van der Waals surface area contributed by atoms with Crippen LogP contribution in [0.1, 0.15) is 15.5 Å². The van der Waals surface area contributed by atoms with Crippen molar-refractivity contribution < 1.29 is 14.4 Å². The zero-order chi connectivity index (χ0) is 10.7. The summed E-state index contributed by atoms with van der Waals surface area (Å²) in [5.74, 6) is 0.279. The van der Waals surface area contributed by atoms with E-state index in [9.17, 15) is 4.79 Å². The van der Waals surface area contributed by atoms with Gasteiger partial charge in [0.15, 0.2) is 5.82 Å². The number of carbonyl (C=O) groups is 1. The number of thioether (sulfide) groups is 1. The Labute approximate surface area is 93.1 Å². The summed E-state index contributed by atoms with van der Waals surface area (Å²) in [7, 11) is 0. The molecule has 7 heteroatoms. The number of carboxylic acids is 1. The van der Waals surface area contributed by atoms with Crippen molar-refractivity contribution in [1.82, 2.24) is 10.1 Å². The zero-order valence-electron chi connectivity index (χ0n) is 7.41. The van der Waals surface area contributed by atoms with E-state index in [1.807, 2.05) is 0 Å². The van der Waals surface area contributed by atoms with Gasteiger partial charge in [-0.2, -0.15) is 4.98 Å². The molecule has 0 aromatic carbocycles. The van der Waals surface area contributed by atoms with Gasteiger partial charge in [-0.05, 0) is 6.07 Å². The van der Waals surface area contributed by atoms with Crippen LogP contribution in [0, 0.1) is 0 Å². The first-order valence-electron chi connectivity index (χ1n) is 3.95. The Kier molecular flexibility index (Phi) is 3.02. The zero-order valence-corrected chi connectivity index (χ0v) is 9.05. The second kappa shape index (κ2) is 4.45. The number of rotatable bonds is 4. The number of carboxylic acid groups (broad SMARTS) is 1. The monoisotopic (exact) mass is 242 g/mol. The Morgan fingerprint density at radius 3 is 3.13 bits per heavy atom. The summed E-state index contributed by atoms with van der Waals surface area (Å²) in [6, 6.07) is 1.64. The van der Waals surface area contributed by atoms with Gasteiger partial charge in [0, 0.05) is 10.3 Å². The number of aromatic carboxylic acids is 1. The molecule has 0 fully saturated rings. The second-order valence-corrected chi connectivity index (χ2v) is 4.55. The minimum absolute atomic E-state index is 0.339. The van der Waals surface area contributed by atoms with Crippen LogP contribution >= 0.6 is 23.1 Å². The van der Waals surface area contributed by atoms with Gasteiger partial charge >= 0.3 is 5.97 Å². The molecule has 0 unspecified atom stereocenters. The molecule has 2 heterocycles. The van der Waals surface area contributed by atoms with E-state index in [0.717, 1.165) is 4.90 Å². The first-order chi connectivity index (χ1) is 7.25. The van der Waals surface area contributed by atoms with Crippen LogP contribution in [0.5, 0.6) is 0 Å². The normalized spacial score (nSPS) is 10.4. The first-order valence-corrected chi connectivity index (χ1v) is 5.82. The largest absolute Gasteiger partial charge is 0.477 e. The lowest BCUT2D eigenvalue weighted by atomic mass is 10.5. The summed E-state index contributed by atoms with van der Waals surface area (Å²) in [4.78, 5) is 15.7. The lowest BCUT2D eigenvalue weighted by molar-refractivity contribution is 0.0702. The summed E-state index contributed by atoms with van der Waals surface area (Å²) in [6.07, 6.45) is 1.27. The Morgan fingerprint density at radius 2 is 2.53 bits per heavy atom. The maximum Gasteiger partial charge on any atom is 0.345 e. The van der Waals surface area contributed by atoms with Crippen molar-refractivity contribution in [1.29, 1.82) is 0 Å². The third-order valence-electron chi connectivity index (χ3n) is 1.56. The van der Waals surface area contributed by atoms with Crippen molar-refractivity contribution in [3.8, 4) is 0 Å². The highest BCUT2D eigenvalue weighted by atomic mass is 32.2. The van der Waals surface area contributed by atoms with Crippen LogP contribution in [0.25, 0.3) is 0 Å².